The Labute approximate surface area is 540 Å². The first-order valence-corrected chi connectivity index (χ1v) is 33.5. The van der Waals surface area contributed by atoms with Crippen LogP contribution < -0.4 is 0 Å². The van der Waals surface area contributed by atoms with E-state index < -0.39 is 256 Å². The van der Waals surface area contributed by atoms with E-state index in [0.29, 0.717) is 6.42 Å². The monoisotopic (exact) mass is 1400 g/mol. The minimum Gasteiger partial charge on any atom is -0.463 e. The van der Waals surface area contributed by atoms with Crippen LogP contribution in [-0.2, 0) is 70.5 Å². The van der Waals surface area contributed by atoms with Crippen molar-refractivity contribution in [2.75, 3.05) is 46.2 Å². The summed E-state index contributed by atoms with van der Waals surface area (Å²) in [5.41, 5.74) is 0. The number of aliphatic hydroxyl groups excluding tert-OH is 21. The van der Waals surface area contributed by atoms with Crippen LogP contribution >= 0.6 is 7.82 Å². The third-order valence-electron chi connectivity index (χ3n) is 17.4. The third-order valence-corrected chi connectivity index (χ3v) is 18.4. The lowest BCUT2D eigenvalue weighted by atomic mass is 9.84. The molecule has 22 N–H and O–H groups in total. The number of phosphoric acid groups is 1. The van der Waals surface area contributed by atoms with Gasteiger partial charge in [-0.3, -0.25) is 13.8 Å². The molecule has 5 saturated heterocycles. The molecule has 37 nitrogen and oxygen atoms in total. The molecule has 0 radical (unpaired) electrons. The van der Waals surface area contributed by atoms with Crippen LogP contribution in [0.15, 0.2) is 0 Å². The molecular formula is C56H101O37P. The minimum absolute atomic E-state index is 0.00608. The number of hydrogen-bond acceptors (Lipinski definition) is 36. The summed E-state index contributed by atoms with van der Waals surface area (Å²) in [6.45, 7) is -4.13. The molecule has 0 spiro atoms. The Morgan fingerprint density at radius 1 is 0.383 bits per heavy atom. The maximum Gasteiger partial charge on any atom is 0.472 e. The van der Waals surface area contributed by atoms with Crippen LogP contribution in [0.25, 0.3) is 0 Å². The standard InChI is InChI=1S/C56H101O37P/c1-2-3-4-5-6-7-8-9-10-11-12-13-14-15-16-30(60)81-19-24(59)20-85-94(79,80)93-51-49(91-55-47(77)37(67)32(62)26(18-58)87-55)42(72)41(71)43(73)50(51)92-56-48(78)40(70)35(65)29(90-56)23-84-54-46(76)39(69)34(64)28(89-54)22-83-53-45(75)38(68)33(63)27(88-53)21-82-52-44(74)36(66)31(61)25(17-57)86-52/h24-29,31-59,61-78H,2-23H2,1H3,(H,79,80)/t24-,25?,26?,27?,28?,29?,31+,32-,33+,34+,35+,36?,37?,38?,39?,40?,41+,42?,43?,44+,45+,46+,47-,48+,49-,50?,51+,52-,53-,54-,55-,56+/m1/s1. The highest BCUT2D eigenvalue weighted by Crippen LogP contribution is 2.49. The molecule has 552 valence electrons. The Hall–Kier alpha value is -1.66. The van der Waals surface area contributed by atoms with Gasteiger partial charge in [-0.15, -0.1) is 0 Å². The Morgan fingerprint density at radius 3 is 1.04 bits per heavy atom. The number of aliphatic hydroxyl groups is 21. The van der Waals surface area contributed by atoms with E-state index in [-0.39, 0.29) is 6.42 Å². The topological polar surface area (TPSA) is 599 Å². The zero-order chi connectivity index (χ0) is 69.3. The smallest absolute Gasteiger partial charge is 0.463 e. The molecule has 0 aromatic heterocycles. The second kappa shape index (κ2) is 39.0. The molecule has 94 heavy (non-hydrogen) atoms. The summed E-state index contributed by atoms with van der Waals surface area (Å²) < 4.78 is 84.8. The Balaban J connectivity index is 1.07. The molecular weight excluding hydrogens is 1300 g/mol. The fraction of sp³-hybridized carbons (Fsp3) is 0.982. The molecule has 33 atom stereocenters. The van der Waals surface area contributed by atoms with Crippen molar-refractivity contribution < 1.29 is 183 Å². The van der Waals surface area contributed by atoms with Gasteiger partial charge in [-0.1, -0.05) is 90.4 Å². The summed E-state index contributed by atoms with van der Waals surface area (Å²) in [7, 11) is -5.73. The Morgan fingerprint density at radius 2 is 0.681 bits per heavy atom. The van der Waals surface area contributed by atoms with E-state index in [2.05, 4.69) is 6.92 Å². The number of unbranched alkanes of at least 4 members (excludes halogenated alkanes) is 13. The van der Waals surface area contributed by atoms with E-state index >= 15 is 0 Å². The average Bonchev–Trinajstić information content (AvgIpc) is 0.771. The van der Waals surface area contributed by atoms with Crippen molar-refractivity contribution in [3.05, 3.63) is 0 Å². The highest BCUT2D eigenvalue weighted by molar-refractivity contribution is 7.47. The van der Waals surface area contributed by atoms with Crippen LogP contribution in [0.2, 0.25) is 0 Å². The van der Waals surface area contributed by atoms with Crippen molar-refractivity contribution >= 4 is 13.8 Å². The van der Waals surface area contributed by atoms with Gasteiger partial charge in [0.05, 0.1) is 39.6 Å². The first kappa shape index (κ1) is 81.3. The number of hydrogen-bond donors (Lipinski definition) is 22. The van der Waals surface area contributed by atoms with Crippen molar-refractivity contribution in [3.8, 4) is 0 Å². The molecule has 1 saturated carbocycles. The van der Waals surface area contributed by atoms with Crippen molar-refractivity contribution in [2.24, 2.45) is 0 Å². The highest BCUT2D eigenvalue weighted by atomic mass is 31.2. The number of ether oxygens (including phenoxy) is 11. The van der Waals surface area contributed by atoms with Gasteiger partial charge in [0, 0.05) is 6.42 Å². The molecule has 6 rings (SSSR count). The largest absolute Gasteiger partial charge is 0.472 e. The molecule has 14 unspecified atom stereocenters. The normalized spacial score (nSPS) is 43.2. The predicted octanol–water partition coefficient (Wildman–Crippen LogP) is -8.80. The number of esters is 1. The molecule has 6 aliphatic rings. The SMILES string of the molecule is CCCCCCCCCCCCCCCCC(=O)OC[C@@H](O)COP(=O)(O)O[C@@H]1C(O[C@@H]2OC(CO[C@@H]3OC(CO[C@@H]4OC(CO[C@@H]5OC(CO)[C@H](O)C(O)[C@@H]5O)[C@H](O)C(O)[C@@H]4O)[C@H](O)C(O)[C@@H]3O)[C@H](O)C(O)[C@@H]2O)C(O)[C@@H](O)C(O)[C@H]1O[C@H]1OC(CO)[C@@H](O)C(O)[C@H]1O. The van der Waals surface area contributed by atoms with Crippen LogP contribution in [0.4, 0.5) is 0 Å². The molecule has 38 heteroatoms. The Bertz CT molecular complexity index is 2200. The highest BCUT2D eigenvalue weighted by Gasteiger charge is 2.59. The van der Waals surface area contributed by atoms with Crippen LogP contribution in [0.1, 0.15) is 103 Å². The zero-order valence-electron chi connectivity index (χ0n) is 51.9. The van der Waals surface area contributed by atoms with E-state index in [9.17, 15) is 121 Å². The number of carbonyl (C=O) groups is 1. The Kier molecular flexibility index (Phi) is 33.7. The maximum absolute atomic E-state index is 13.8. The van der Waals surface area contributed by atoms with Crippen LogP contribution in [0.3, 0.4) is 0 Å². The van der Waals surface area contributed by atoms with Crippen LogP contribution in [-0.4, -0.2) is 361 Å². The van der Waals surface area contributed by atoms with Gasteiger partial charge in [0.25, 0.3) is 0 Å². The van der Waals surface area contributed by atoms with E-state index in [1.165, 1.54) is 51.4 Å². The van der Waals surface area contributed by atoms with Gasteiger partial charge < -0.3 is 164 Å². The minimum atomic E-state index is -5.73. The molecule has 0 bridgehead atoms. The fourth-order valence-electron chi connectivity index (χ4n) is 11.6. The second-order valence-electron chi connectivity index (χ2n) is 24.6. The average molecular weight is 1400 g/mol. The molecule has 1 aliphatic carbocycles. The van der Waals surface area contributed by atoms with Gasteiger partial charge >= 0.3 is 13.8 Å². The molecule has 5 heterocycles. The summed E-state index contributed by atoms with van der Waals surface area (Å²) >= 11 is 0. The van der Waals surface area contributed by atoms with Crippen molar-refractivity contribution in [1.29, 1.82) is 0 Å². The fourth-order valence-corrected chi connectivity index (χ4v) is 12.5. The van der Waals surface area contributed by atoms with Crippen molar-refractivity contribution in [3.63, 3.8) is 0 Å². The number of carbonyl (C=O) groups excluding carboxylic acids is 1. The van der Waals surface area contributed by atoms with Gasteiger partial charge in [0.15, 0.2) is 31.5 Å². The van der Waals surface area contributed by atoms with E-state index in [1.807, 2.05) is 0 Å². The summed E-state index contributed by atoms with van der Waals surface area (Å²) in [4.78, 5) is 23.6. The van der Waals surface area contributed by atoms with E-state index in [4.69, 9.17) is 61.2 Å². The molecule has 0 aromatic carbocycles. The van der Waals surface area contributed by atoms with E-state index in [1.54, 1.807) is 0 Å². The molecule has 0 aromatic rings. The summed E-state index contributed by atoms with van der Waals surface area (Å²) in [5, 5.41) is 225. The van der Waals surface area contributed by atoms with Gasteiger partial charge in [-0.05, 0) is 6.42 Å². The van der Waals surface area contributed by atoms with E-state index in [0.717, 1.165) is 32.1 Å². The van der Waals surface area contributed by atoms with Gasteiger partial charge in [-0.25, -0.2) is 4.57 Å². The summed E-state index contributed by atoms with van der Waals surface area (Å²) in [6.07, 6.45) is -50.8. The number of rotatable bonds is 37. The predicted molar refractivity (Wildman–Crippen MR) is 306 cm³/mol. The van der Waals surface area contributed by atoms with Gasteiger partial charge in [-0.2, -0.15) is 0 Å². The lowest BCUT2D eigenvalue weighted by Gasteiger charge is -2.49. The van der Waals surface area contributed by atoms with Crippen molar-refractivity contribution in [1.82, 2.24) is 0 Å². The summed E-state index contributed by atoms with van der Waals surface area (Å²) in [5.74, 6) is -0.689. The maximum atomic E-state index is 13.8. The van der Waals surface area contributed by atoms with Crippen LogP contribution in [0.5, 0.6) is 0 Å². The first-order valence-electron chi connectivity index (χ1n) is 32.0. The van der Waals surface area contributed by atoms with Gasteiger partial charge in [0.2, 0.25) is 0 Å². The molecule has 5 aliphatic heterocycles. The zero-order valence-corrected chi connectivity index (χ0v) is 52.8. The first-order chi connectivity index (χ1) is 44.6. The number of phosphoric ester groups is 1. The quantitative estimate of drug-likeness (QED) is 0.0156. The molecule has 0 amide bonds. The molecule has 6 fully saturated rings. The van der Waals surface area contributed by atoms with Gasteiger partial charge in [0.1, 0.15) is 171 Å². The summed E-state index contributed by atoms with van der Waals surface area (Å²) in [6, 6.07) is 0. The lowest BCUT2D eigenvalue weighted by molar-refractivity contribution is -0.365. The third kappa shape index (κ3) is 21.9. The second-order valence-corrected chi connectivity index (χ2v) is 26.0. The lowest BCUT2D eigenvalue weighted by Crippen LogP contribution is -2.69. The van der Waals surface area contributed by atoms with Crippen molar-refractivity contribution in [2.45, 2.75) is 299 Å². The van der Waals surface area contributed by atoms with Crippen LogP contribution in [0, 0.1) is 0 Å².